The molecular formula is C71H47NO. The summed E-state index contributed by atoms with van der Waals surface area (Å²) >= 11 is 0. The molecule has 0 spiro atoms. The van der Waals surface area contributed by atoms with Crippen LogP contribution in [-0.4, -0.2) is 0 Å². The van der Waals surface area contributed by atoms with Crippen molar-refractivity contribution < 1.29 is 4.42 Å². The third kappa shape index (κ3) is 7.10. The van der Waals surface area contributed by atoms with Crippen LogP contribution in [0.25, 0.3) is 88.3 Å². The van der Waals surface area contributed by atoms with Crippen LogP contribution in [0.5, 0.6) is 0 Å². The van der Waals surface area contributed by atoms with Crippen molar-refractivity contribution in [1.82, 2.24) is 0 Å². The fourth-order valence-corrected chi connectivity index (χ4v) is 11.7. The first kappa shape index (κ1) is 42.4. The Hall–Kier alpha value is -9.50. The Morgan fingerprint density at radius 2 is 0.781 bits per heavy atom. The van der Waals surface area contributed by atoms with Gasteiger partial charge < -0.3 is 9.32 Å². The van der Waals surface area contributed by atoms with Crippen molar-refractivity contribution in [3.63, 3.8) is 0 Å². The van der Waals surface area contributed by atoms with Crippen molar-refractivity contribution in [2.24, 2.45) is 0 Å². The van der Waals surface area contributed by atoms with Gasteiger partial charge in [0.25, 0.3) is 0 Å². The normalized spacial score (nSPS) is 12.5. The van der Waals surface area contributed by atoms with Gasteiger partial charge in [0.15, 0.2) is 0 Å². The molecule has 2 heteroatoms. The van der Waals surface area contributed by atoms with E-state index >= 15 is 0 Å². The van der Waals surface area contributed by atoms with Gasteiger partial charge in [-0.05, 0) is 149 Å². The van der Waals surface area contributed by atoms with E-state index in [-0.39, 0.29) is 0 Å². The van der Waals surface area contributed by atoms with Crippen molar-refractivity contribution in [3.8, 4) is 55.6 Å². The van der Waals surface area contributed by atoms with Gasteiger partial charge in [0.05, 0.1) is 5.41 Å². The number of benzene rings is 12. The maximum absolute atomic E-state index is 6.36. The summed E-state index contributed by atoms with van der Waals surface area (Å²) in [6, 6.07) is 104. The van der Waals surface area contributed by atoms with Gasteiger partial charge in [-0.3, -0.25) is 0 Å². The fraction of sp³-hybridized carbons (Fsp3) is 0.0141. The van der Waals surface area contributed by atoms with Crippen LogP contribution in [0, 0.1) is 0 Å². The van der Waals surface area contributed by atoms with E-state index in [2.05, 4.69) is 278 Å². The topological polar surface area (TPSA) is 16.4 Å². The fourth-order valence-electron chi connectivity index (χ4n) is 11.7. The number of hydrogen-bond donors (Lipinski definition) is 0. The molecule has 0 aliphatic heterocycles. The molecule has 0 saturated heterocycles. The number of anilines is 3. The minimum absolute atomic E-state index is 0.466. The first-order chi connectivity index (χ1) is 36.2. The monoisotopic (exact) mass is 929 g/mol. The Morgan fingerprint density at radius 1 is 0.274 bits per heavy atom. The average Bonchev–Trinajstić information content (AvgIpc) is 4.03. The number of fused-ring (bicyclic) bond motifs is 7. The minimum Gasteiger partial charge on any atom is -0.456 e. The Labute approximate surface area is 425 Å². The average molecular weight is 930 g/mol. The van der Waals surface area contributed by atoms with Crippen molar-refractivity contribution in [1.29, 1.82) is 0 Å². The van der Waals surface area contributed by atoms with E-state index in [1.807, 2.05) is 12.1 Å². The van der Waals surface area contributed by atoms with Gasteiger partial charge in [-0.15, -0.1) is 0 Å². The van der Waals surface area contributed by atoms with Crippen LogP contribution < -0.4 is 4.90 Å². The predicted octanol–water partition coefficient (Wildman–Crippen LogP) is 19.2. The lowest BCUT2D eigenvalue weighted by molar-refractivity contribution is 0.669. The molecule has 2 nitrogen and oxygen atoms in total. The van der Waals surface area contributed by atoms with E-state index < -0.39 is 5.41 Å². The zero-order chi connectivity index (χ0) is 48.3. The van der Waals surface area contributed by atoms with Crippen LogP contribution in [-0.2, 0) is 5.41 Å². The molecule has 0 bridgehead atoms. The molecule has 1 aliphatic rings. The summed E-state index contributed by atoms with van der Waals surface area (Å²) < 4.78 is 6.36. The Balaban J connectivity index is 0.861. The largest absolute Gasteiger partial charge is 0.456 e. The van der Waals surface area contributed by atoms with E-state index in [1.54, 1.807) is 0 Å². The van der Waals surface area contributed by atoms with E-state index in [0.717, 1.165) is 55.7 Å². The highest BCUT2D eigenvalue weighted by molar-refractivity contribution is 6.06. The number of para-hydroxylation sites is 1. The molecule has 13 aromatic rings. The van der Waals surface area contributed by atoms with E-state index in [0.29, 0.717) is 0 Å². The lowest BCUT2D eigenvalue weighted by atomic mass is 9.67. The SMILES string of the molecule is c1ccc(C2(c3ccccc3)c3ccccc3-c3c(-c4ccc(N(c5ccc(-c6ccc(-c7ccc8ccccc8c7)cc6)cc5)c5cccc(-c6ccc7c(c6)oc6ccccc67)c5)cc4)cccc32)cc1. The summed E-state index contributed by atoms with van der Waals surface area (Å²) in [5.74, 6) is 0. The molecule has 0 atom stereocenters. The molecule has 14 rings (SSSR count). The first-order valence-corrected chi connectivity index (χ1v) is 25.1. The van der Waals surface area contributed by atoms with E-state index in [1.165, 1.54) is 72.0 Å². The number of furan rings is 1. The maximum atomic E-state index is 6.36. The van der Waals surface area contributed by atoms with Gasteiger partial charge in [0, 0.05) is 27.8 Å². The van der Waals surface area contributed by atoms with Gasteiger partial charge in [-0.2, -0.15) is 0 Å². The molecule has 0 fully saturated rings. The highest BCUT2D eigenvalue weighted by Crippen LogP contribution is 2.58. The molecular weight excluding hydrogens is 883 g/mol. The molecule has 73 heavy (non-hydrogen) atoms. The zero-order valence-corrected chi connectivity index (χ0v) is 40.0. The third-order valence-electron chi connectivity index (χ3n) is 15.2. The highest BCUT2D eigenvalue weighted by atomic mass is 16.3. The molecule has 1 aliphatic carbocycles. The zero-order valence-electron chi connectivity index (χ0n) is 40.0. The molecule has 0 unspecified atom stereocenters. The van der Waals surface area contributed by atoms with Crippen LogP contribution in [0.1, 0.15) is 22.3 Å². The summed E-state index contributed by atoms with van der Waals surface area (Å²) in [7, 11) is 0. The molecule has 12 aromatic carbocycles. The van der Waals surface area contributed by atoms with Crippen molar-refractivity contribution in [3.05, 3.63) is 307 Å². The standard InChI is InChI=1S/C71H47NO/c1-3-18-57(19-4-1)71(58-20-5-2-6-21-58)66-26-11-9-24-65(66)70-62(25-14-27-67(70)71)52-37-42-60(43-38-52)72(61-22-13-17-54(46-61)56-39-44-64-63-23-10-12-28-68(63)73-69(64)47-56)59-40-35-50(36-41-59)49-29-31-51(32-30-49)55-34-33-48-15-7-8-16-53(48)45-55/h1-47H. The van der Waals surface area contributed by atoms with Crippen molar-refractivity contribution in [2.75, 3.05) is 4.90 Å². The number of hydrogen-bond acceptors (Lipinski definition) is 2. The van der Waals surface area contributed by atoms with Crippen molar-refractivity contribution in [2.45, 2.75) is 5.41 Å². The smallest absolute Gasteiger partial charge is 0.136 e. The second-order valence-electron chi connectivity index (χ2n) is 19.2. The summed E-state index contributed by atoms with van der Waals surface area (Å²) in [4.78, 5) is 2.38. The lowest BCUT2D eigenvalue weighted by Crippen LogP contribution is -2.28. The second-order valence-corrected chi connectivity index (χ2v) is 19.2. The number of rotatable bonds is 9. The van der Waals surface area contributed by atoms with Crippen LogP contribution >= 0.6 is 0 Å². The lowest BCUT2D eigenvalue weighted by Gasteiger charge is -2.34. The van der Waals surface area contributed by atoms with Gasteiger partial charge in [0.2, 0.25) is 0 Å². The summed E-state index contributed by atoms with van der Waals surface area (Å²) in [6.07, 6.45) is 0. The van der Waals surface area contributed by atoms with E-state index in [9.17, 15) is 0 Å². The third-order valence-corrected chi connectivity index (χ3v) is 15.2. The molecule has 1 heterocycles. The second kappa shape index (κ2) is 17.4. The van der Waals surface area contributed by atoms with Gasteiger partial charge in [-0.25, -0.2) is 0 Å². The predicted molar refractivity (Wildman–Crippen MR) is 305 cm³/mol. The van der Waals surface area contributed by atoms with Gasteiger partial charge in [0.1, 0.15) is 11.2 Å². The van der Waals surface area contributed by atoms with Gasteiger partial charge in [-0.1, -0.05) is 224 Å². The van der Waals surface area contributed by atoms with Crippen LogP contribution in [0.15, 0.2) is 290 Å². The first-order valence-electron chi connectivity index (χ1n) is 25.1. The van der Waals surface area contributed by atoms with E-state index in [4.69, 9.17) is 4.42 Å². The van der Waals surface area contributed by atoms with Crippen molar-refractivity contribution >= 4 is 49.8 Å². The molecule has 342 valence electrons. The Morgan fingerprint density at radius 3 is 1.52 bits per heavy atom. The molecule has 0 amide bonds. The number of nitrogens with zero attached hydrogens (tertiary/aromatic N) is 1. The summed E-state index contributed by atoms with van der Waals surface area (Å²) in [6.45, 7) is 0. The Kier molecular flexibility index (Phi) is 10.1. The highest BCUT2D eigenvalue weighted by Gasteiger charge is 2.46. The van der Waals surface area contributed by atoms with Crippen LogP contribution in [0.4, 0.5) is 17.1 Å². The molecule has 1 aromatic heterocycles. The summed E-state index contributed by atoms with van der Waals surface area (Å²) in [5, 5.41) is 4.76. The maximum Gasteiger partial charge on any atom is 0.136 e. The minimum atomic E-state index is -0.466. The molecule has 0 N–H and O–H groups in total. The van der Waals surface area contributed by atoms with Gasteiger partial charge >= 0.3 is 0 Å². The van der Waals surface area contributed by atoms with Crippen LogP contribution in [0.3, 0.4) is 0 Å². The van der Waals surface area contributed by atoms with Crippen LogP contribution in [0.2, 0.25) is 0 Å². The molecule has 0 radical (unpaired) electrons. The summed E-state index contributed by atoms with van der Waals surface area (Å²) in [5.41, 5.74) is 21.6. The quantitative estimate of drug-likeness (QED) is 0.143. The molecule has 0 saturated carbocycles. The Bertz CT molecular complexity index is 4130.